The molecule has 1 fully saturated rings. The molecule has 8 heteroatoms. The number of methoxy groups -OCH3 is 1. The fourth-order valence-electron chi connectivity index (χ4n) is 3.72. The van der Waals surface area contributed by atoms with E-state index in [1.54, 1.807) is 13.2 Å². The molecule has 7 nitrogen and oxygen atoms in total. The third-order valence-corrected chi connectivity index (χ3v) is 6.17. The number of fused-ring (bicyclic) bond motifs is 1. The normalized spacial score (nSPS) is 14.8. The van der Waals surface area contributed by atoms with Crippen molar-refractivity contribution in [3.8, 4) is 16.9 Å². The summed E-state index contributed by atoms with van der Waals surface area (Å²) < 4.78 is 10.8. The van der Waals surface area contributed by atoms with Gasteiger partial charge in [-0.1, -0.05) is 24.3 Å². The predicted molar refractivity (Wildman–Crippen MR) is 123 cm³/mol. The molecular formula is C23H27N3O4S. The van der Waals surface area contributed by atoms with Crippen molar-refractivity contribution in [1.82, 2.24) is 14.9 Å². The number of thiophene rings is 1. The largest absolute Gasteiger partial charge is 0.496 e. The van der Waals surface area contributed by atoms with Gasteiger partial charge >= 0.3 is 0 Å². The Hall–Kier alpha value is -2.52. The SMILES string of the molecule is C=CCOCC(O)CN(Cc1nc2scc(-c3ccccc3OC)c2c(=O)[nH]1)C1CC1. The number of ether oxygens (including phenoxy) is 2. The first-order valence-corrected chi connectivity index (χ1v) is 11.2. The topological polar surface area (TPSA) is 87.7 Å². The quantitative estimate of drug-likeness (QED) is 0.351. The highest BCUT2D eigenvalue weighted by atomic mass is 32.1. The lowest BCUT2D eigenvalue weighted by Gasteiger charge is -2.24. The third kappa shape index (κ3) is 5.04. The monoisotopic (exact) mass is 441 g/mol. The van der Waals surface area contributed by atoms with Crippen molar-refractivity contribution in [2.45, 2.75) is 31.5 Å². The van der Waals surface area contributed by atoms with Crippen LogP contribution in [-0.4, -0.2) is 59.0 Å². The minimum atomic E-state index is -0.602. The van der Waals surface area contributed by atoms with Crippen molar-refractivity contribution in [3.05, 3.63) is 58.5 Å². The van der Waals surface area contributed by atoms with E-state index in [9.17, 15) is 9.90 Å². The van der Waals surface area contributed by atoms with Gasteiger partial charge in [-0.25, -0.2) is 4.98 Å². The fraction of sp³-hybridized carbons (Fsp3) is 0.391. The number of hydrogen-bond donors (Lipinski definition) is 2. The van der Waals surface area contributed by atoms with E-state index < -0.39 is 6.10 Å². The number of aromatic nitrogens is 2. The molecule has 0 saturated heterocycles. The van der Waals surface area contributed by atoms with Crippen LogP contribution in [0, 0.1) is 0 Å². The van der Waals surface area contributed by atoms with Crippen LogP contribution in [0.5, 0.6) is 5.75 Å². The molecule has 0 radical (unpaired) electrons. The van der Waals surface area contributed by atoms with E-state index in [1.807, 2.05) is 29.6 Å². The van der Waals surface area contributed by atoms with Gasteiger partial charge in [-0.2, -0.15) is 0 Å². The zero-order valence-corrected chi connectivity index (χ0v) is 18.4. The summed E-state index contributed by atoms with van der Waals surface area (Å²) in [5, 5.41) is 12.8. The first-order valence-electron chi connectivity index (χ1n) is 10.3. The molecule has 1 saturated carbocycles. The van der Waals surface area contributed by atoms with Crippen LogP contribution in [0.2, 0.25) is 0 Å². The van der Waals surface area contributed by atoms with E-state index >= 15 is 0 Å². The second kappa shape index (κ2) is 9.74. The summed E-state index contributed by atoms with van der Waals surface area (Å²) in [6, 6.07) is 8.06. The van der Waals surface area contributed by atoms with Gasteiger partial charge < -0.3 is 19.6 Å². The molecule has 1 unspecified atom stereocenters. The van der Waals surface area contributed by atoms with Crippen molar-refractivity contribution in [2.75, 3.05) is 26.9 Å². The van der Waals surface area contributed by atoms with E-state index in [-0.39, 0.29) is 12.2 Å². The average Bonchev–Trinajstić information content (AvgIpc) is 3.53. The highest BCUT2D eigenvalue weighted by Gasteiger charge is 2.31. The molecule has 2 heterocycles. The van der Waals surface area contributed by atoms with Gasteiger partial charge in [0.1, 0.15) is 16.4 Å². The summed E-state index contributed by atoms with van der Waals surface area (Å²) in [4.78, 5) is 23.5. The van der Waals surface area contributed by atoms with Crippen molar-refractivity contribution in [3.63, 3.8) is 0 Å². The van der Waals surface area contributed by atoms with Gasteiger partial charge in [0.25, 0.3) is 5.56 Å². The van der Waals surface area contributed by atoms with E-state index in [4.69, 9.17) is 14.5 Å². The zero-order valence-electron chi connectivity index (χ0n) is 17.5. The van der Waals surface area contributed by atoms with Gasteiger partial charge in [0, 0.05) is 29.1 Å². The highest BCUT2D eigenvalue weighted by Crippen LogP contribution is 2.36. The molecular weight excluding hydrogens is 414 g/mol. The molecule has 0 aliphatic heterocycles. The molecule has 0 spiro atoms. The molecule has 0 bridgehead atoms. The minimum absolute atomic E-state index is 0.159. The number of para-hydroxylation sites is 1. The first kappa shape index (κ1) is 21.7. The molecule has 1 aliphatic carbocycles. The Labute approximate surface area is 185 Å². The number of nitrogens with one attached hydrogen (secondary N) is 1. The lowest BCUT2D eigenvalue weighted by molar-refractivity contribution is 0.0222. The highest BCUT2D eigenvalue weighted by molar-refractivity contribution is 7.17. The molecule has 2 N–H and O–H groups in total. The summed E-state index contributed by atoms with van der Waals surface area (Å²) in [5.41, 5.74) is 1.54. The van der Waals surface area contributed by atoms with Crippen LogP contribution in [0.4, 0.5) is 0 Å². The van der Waals surface area contributed by atoms with Crippen LogP contribution in [0.25, 0.3) is 21.3 Å². The predicted octanol–water partition coefficient (Wildman–Crippen LogP) is 3.19. The standard InChI is InChI=1S/C23H27N3O4S/c1-3-10-30-13-16(27)11-26(15-8-9-15)12-20-24-22(28)21-18(14-31-23(21)25-20)17-6-4-5-7-19(17)29-2/h3-7,14-16,27H,1,8-13H2,2H3,(H,24,25,28). The number of benzene rings is 1. The van der Waals surface area contributed by atoms with Gasteiger partial charge in [-0.3, -0.25) is 9.69 Å². The lowest BCUT2D eigenvalue weighted by Crippen LogP contribution is -2.37. The Kier molecular flexibility index (Phi) is 6.82. The lowest BCUT2D eigenvalue weighted by atomic mass is 10.1. The molecule has 31 heavy (non-hydrogen) atoms. The van der Waals surface area contributed by atoms with Gasteiger partial charge in [-0.05, 0) is 18.9 Å². The van der Waals surface area contributed by atoms with Crippen LogP contribution in [0.15, 0.2) is 47.1 Å². The maximum absolute atomic E-state index is 13.0. The van der Waals surface area contributed by atoms with E-state index in [0.29, 0.717) is 41.8 Å². The van der Waals surface area contributed by atoms with Crippen LogP contribution >= 0.6 is 11.3 Å². The Bertz CT molecular complexity index is 1110. The van der Waals surface area contributed by atoms with Crippen molar-refractivity contribution in [1.29, 1.82) is 0 Å². The smallest absolute Gasteiger partial charge is 0.260 e. The maximum atomic E-state index is 13.0. The van der Waals surface area contributed by atoms with Crippen LogP contribution in [0.1, 0.15) is 18.7 Å². The third-order valence-electron chi connectivity index (χ3n) is 5.30. The molecule has 4 rings (SSSR count). The van der Waals surface area contributed by atoms with Gasteiger partial charge in [0.2, 0.25) is 0 Å². The molecule has 164 valence electrons. The summed E-state index contributed by atoms with van der Waals surface area (Å²) in [5.74, 6) is 1.33. The zero-order chi connectivity index (χ0) is 21.8. The van der Waals surface area contributed by atoms with Gasteiger partial charge in [0.05, 0.1) is 38.4 Å². The molecule has 1 aromatic carbocycles. The second-order valence-corrected chi connectivity index (χ2v) is 8.54. The van der Waals surface area contributed by atoms with Crippen molar-refractivity contribution >= 4 is 21.6 Å². The van der Waals surface area contributed by atoms with Crippen molar-refractivity contribution < 1.29 is 14.6 Å². The van der Waals surface area contributed by atoms with Crippen LogP contribution in [0.3, 0.4) is 0 Å². The van der Waals surface area contributed by atoms with E-state index in [2.05, 4.69) is 16.5 Å². The van der Waals surface area contributed by atoms with Crippen LogP contribution < -0.4 is 10.3 Å². The molecule has 1 atom stereocenters. The molecule has 1 aliphatic rings. The number of aromatic amines is 1. The molecule has 2 aromatic heterocycles. The minimum Gasteiger partial charge on any atom is -0.496 e. The summed E-state index contributed by atoms with van der Waals surface area (Å²) in [7, 11) is 1.62. The van der Waals surface area contributed by atoms with Gasteiger partial charge in [0.15, 0.2) is 0 Å². The first-order chi connectivity index (χ1) is 15.1. The summed E-state index contributed by atoms with van der Waals surface area (Å²) >= 11 is 1.45. The number of aliphatic hydroxyl groups excluding tert-OH is 1. The number of nitrogens with zero attached hydrogens (tertiary/aromatic N) is 2. The van der Waals surface area contributed by atoms with Gasteiger partial charge in [-0.15, -0.1) is 17.9 Å². The number of hydrogen-bond acceptors (Lipinski definition) is 7. The Morgan fingerprint density at radius 2 is 2.19 bits per heavy atom. The van der Waals surface area contributed by atoms with E-state index in [1.165, 1.54) is 11.3 Å². The maximum Gasteiger partial charge on any atom is 0.260 e. The second-order valence-electron chi connectivity index (χ2n) is 7.68. The summed E-state index contributed by atoms with van der Waals surface area (Å²) in [6.07, 6.45) is 3.23. The Balaban J connectivity index is 1.56. The Morgan fingerprint density at radius 1 is 1.39 bits per heavy atom. The van der Waals surface area contributed by atoms with Crippen LogP contribution in [-0.2, 0) is 11.3 Å². The van der Waals surface area contributed by atoms with Crippen molar-refractivity contribution in [2.24, 2.45) is 0 Å². The molecule has 3 aromatic rings. The fourth-order valence-corrected chi connectivity index (χ4v) is 4.68. The molecule has 0 amide bonds. The Morgan fingerprint density at radius 3 is 2.94 bits per heavy atom. The number of rotatable bonds is 11. The summed E-state index contributed by atoms with van der Waals surface area (Å²) in [6.45, 7) is 5.24. The average molecular weight is 442 g/mol. The number of aliphatic hydroxyl groups is 1. The van der Waals surface area contributed by atoms with E-state index in [0.717, 1.165) is 29.7 Å². The number of H-pyrrole nitrogens is 1.